The van der Waals surface area contributed by atoms with Gasteiger partial charge in [-0.25, -0.2) is 4.98 Å². The van der Waals surface area contributed by atoms with Gasteiger partial charge in [0.1, 0.15) is 5.82 Å². The van der Waals surface area contributed by atoms with Crippen molar-refractivity contribution in [3.8, 4) is 0 Å². The van der Waals surface area contributed by atoms with Crippen molar-refractivity contribution >= 4 is 5.91 Å². The Morgan fingerprint density at radius 2 is 1.89 bits per heavy atom. The molecule has 18 heavy (non-hydrogen) atoms. The third kappa shape index (κ3) is 2.71. The maximum Gasteiger partial charge on any atom is 0.291 e. The number of H-pyrrole nitrogens is 1. The van der Waals surface area contributed by atoms with Crippen molar-refractivity contribution in [2.24, 2.45) is 5.92 Å². The molecule has 0 aromatic carbocycles. The normalized spacial score (nSPS) is 16.7. The van der Waals surface area contributed by atoms with E-state index in [9.17, 15) is 4.79 Å². The van der Waals surface area contributed by atoms with Crippen molar-refractivity contribution in [3.05, 3.63) is 11.6 Å². The van der Waals surface area contributed by atoms with E-state index in [4.69, 9.17) is 0 Å². The summed E-state index contributed by atoms with van der Waals surface area (Å²) in [6.07, 6.45) is 2.38. The van der Waals surface area contributed by atoms with Gasteiger partial charge in [0.05, 0.1) is 0 Å². The van der Waals surface area contributed by atoms with Crippen LogP contribution in [0.15, 0.2) is 0 Å². The monoisotopic (exact) mass is 250 g/mol. The fourth-order valence-corrected chi connectivity index (χ4v) is 1.95. The second-order valence-electron chi connectivity index (χ2n) is 6.71. The summed E-state index contributed by atoms with van der Waals surface area (Å²) in [6, 6.07) is 0. The summed E-state index contributed by atoms with van der Waals surface area (Å²) >= 11 is 0. The van der Waals surface area contributed by atoms with Crippen LogP contribution in [-0.4, -0.2) is 26.6 Å². The topological polar surface area (TPSA) is 70.7 Å². The van der Waals surface area contributed by atoms with Crippen LogP contribution >= 0.6 is 0 Å². The van der Waals surface area contributed by atoms with Gasteiger partial charge in [0.25, 0.3) is 5.91 Å². The van der Waals surface area contributed by atoms with E-state index in [0.29, 0.717) is 5.92 Å². The van der Waals surface area contributed by atoms with E-state index >= 15 is 0 Å². The van der Waals surface area contributed by atoms with Gasteiger partial charge in [-0.15, -0.1) is 5.10 Å². The summed E-state index contributed by atoms with van der Waals surface area (Å²) in [5, 5.41) is 9.85. The highest BCUT2D eigenvalue weighted by Gasteiger charge is 2.39. The van der Waals surface area contributed by atoms with Gasteiger partial charge >= 0.3 is 0 Å². The number of nitrogens with zero attached hydrogens (tertiary/aromatic N) is 2. The molecule has 5 nitrogen and oxygen atoms in total. The van der Waals surface area contributed by atoms with E-state index < -0.39 is 0 Å². The maximum absolute atomic E-state index is 12.1. The number of nitrogens with one attached hydrogen (secondary N) is 2. The first-order chi connectivity index (χ1) is 8.20. The molecule has 1 amide bonds. The standard InChI is InChI=1S/C13H22N4O/c1-12(2,3)11-14-9(16-17-11)10(18)15-13(4,5)8-6-7-8/h8H,6-7H2,1-5H3,(H,15,18)(H,14,16,17). The number of carbonyl (C=O) groups is 1. The van der Waals surface area contributed by atoms with Gasteiger partial charge in [0, 0.05) is 11.0 Å². The predicted molar refractivity (Wildman–Crippen MR) is 69.4 cm³/mol. The molecule has 0 atom stereocenters. The second kappa shape index (κ2) is 4.07. The largest absolute Gasteiger partial charge is 0.344 e. The number of aromatic amines is 1. The predicted octanol–water partition coefficient (Wildman–Crippen LogP) is 2.02. The Bertz CT molecular complexity index is 452. The molecule has 1 aromatic rings. The molecule has 0 unspecified atom stereocenters. The summed E-state index contributed by atoms with van der Waals surface area (Å²) in [6.45, 7) is 10.2. The SMILES string of the molecule is CC(C)(C)c1nc(C(=O)NC(C)(C)C2CC2)n[nH]1. The van der Waals surface area contributed by atoms with Crippen LogP contribution in [0.5, 0.6) is 0 Å². The molecule has 5 heteroatoms. The molecule has 0 saturated heterocycles. The lowest BCUT2D eigenvalue weighted by Crippen LogP contribution is -2.45. The first-order valence-electron chi connectivity index (χ1n) is 6.45. The van der Waals surface area contributed by atoms with E-state index in [1.807, 2.05) is 20.8 Å². The molecule has 100 valence electrons. The average molecular weight is 250 g/mol. The number of aromatic nitrogens is 3. The summed E-state index contributed by atoms with van der Waals surface area (Å²) in [4.78, 5) is 16.3. The van der Waals surface area contributed by atoms with Crippen molar-refractivity contribution in [2.75, 3.05) is 0 Å². The van der Waals surface area contributed by atoms with Crippen LogP contribution in [0.4, 0.5) is 0 Å². The van der Waals surface area contributed by atoms with Crippen LogP contribution in [0, 0.1) is 5.92 Å². The Morgan fingerprint density at radius 1 is 1.28 bits per heavy atom. The van der Waals surface area contributed by atoms with Gasteiger partial charge in [0.15, 0.2) is 0 Å². The molecule has 2 rings (SSSR count). The highest BCUT2D eigenvalue weighted by Crippen LogP contribution is 2.39. The molecular formula is C13H22N4O. The number of hydrogen-bond donors (Lipinski definition) is 2. The molecule has 0 radical (unpaired) electrons. The van der Waals surface area contributed by atoms with Crippen LogP contribution in [-0.2, 0) is 5.41 Å². The van der Waals surface area contributed by atoms with Crippen LogP contribution in [0.25, 0.3) is 0 Å². The molecular weight excluding hydrogens is 228 g/mol. The third-order valence-electron chi connectivity index (χ3n) is 3.43. The highest BCUT2D eigenvalue weighted by atomic mass is 16.2. The average Bonchev–Trinajstić information content (AvgIpc) is 2.94. The lowest BCUT2D eigenvalue weighted by molar-refractivity contribution is 0.0893. The molecule has 1 aromatic heterocycles. The zero-order chi connectivity index (χ0) is 13.6. The fraction of sp³-hybridized carbons (Fsp3) is 0.769. The van der Waals surface area contributed by atoms with Crippen molar-refractivity contribution in [1.29, 1.82) is 0 Å². The van der Waals surface area contributed by atoms with Gasteiger partial charge in [0.2, 0.25) is 5.82 Å². The Balaban J connectivity index is 2.07. The minimum absolute atomic E-state index is 0.127. The highest BCUT2D eigenvalue weighted by molar-refractivity contribution is 5.90. The zero-order valence-electron chi connectivity index (χ0n) is 11.8. The molecule has 0 aliphatic heterocycles. The van der Waals surface area contributed by atoms with Gasteiger partial charge in [-0.05, 0) is 32.6 Å². The van der Waals surface area contributed by atoms with Crippen molar-refractivity contribution in [2.45, 2.75) is 58.4 Å². The van der Waals surface area contributed by atoms with Crippen molar-refractivity contribution < 1.29 is 4.79 Å². The second-order valence-corrected chi connectivity index (χ2v) is 6.71. The summed E-state index contributed by atoms with van der Waals surface area (Å²) in [7, 11) is 0. The minimum Gasteiger partial charge on any atom is -0.344 e. The molecule has 0 spiro atoms. The van der Waals surface area contributed by atoms with Crippen molar-refractivity contribution in [1.82, 2.24) is 20.5 Å². The Labute approximate surface area is 108 Å². The number of hydrogen-bond acceptors (Lipinski definition) is 3. The third-order valence-corrected chi connectivity index (χ3v) is 3.43. The van der Waals surface area contributed by atoms with E-state index in [-0.39, 0.29) is 22.7 Å². The van der Waals surface area contributed by atoms with Gasteiger partial charge in [-0.2, -0.15) is 0 Å². The minimum atomic E-state index is -0.196. The zero-order valence-corrected chi connectivity index (χ0v) is 11.8. The van der Waals surface area contributed by atoms with Gasteiger partial charge < -0.3 is 5.32 Å². The molecule has 2 N–H and O–H groups in total. The molecule has 1 aliphatic rings. The lowest BCUT2D eigenvalue weighted by atomic mass is 9.96. The molecule has 1 heterocycles. The molecule has 1 fully saturated rings. The van der Waals surface area contributed by atoms with Crippen LogP contribution < -0.4 is 5.32 Å². The lowest BCUT2D eigenvalue weighted by Gasteiger charge is -2.25. The van der Waals surface area contributed by atoms with Gasteiger partial charge in [-0.3, -0.25) is 9.89 Å². The number of carbonyl (C=O) groups excluding carboxylic acids is 1. The molecule has 1 aliphatic carbocycles. The summed E-state index contributed by atoms with van der Waals surface area (Å²) in [5.41, 5.74) is -0.294. The molecule has 1 saturated carbocycles. The first kappa shape index (κ1) is 13.1. The van der Waals surface area contributed by atoms with Crippen LogP contribution in [0.3, 0.4) is 0 Å². The van der Waals surface area contributed by atoms with Crippen molar-refractivity contribution in [3.63, 3.8) is 0 Å². The number of rotatable bonds is 3. The maximum atomic E-state index is 12.1. The van der Waals surface area contributed by atoms with E-state index in [1.54, 1.807) is 0 Å². The summed E-state index contributed by atoms with van der Waals surface area (Å²) in [5.74, 6) is 1.35. The van der Waals surface area contributed by atoms with Crippen LogP contribution in [0.2, 0.25) is 0 Å². The Kier molecular flexibility index (Phi) is 2.95. The van der Waals surface area contributed by atoms with E-state index in [0.717, 1.165) is 5.82 Å². The fourth-order valence-electron chi connectivity index (χ4n) is 1.95. The quantitative estimate of drug-likeness (QED) is 0.862. The number of amides is 1. The first-order valence-corrected chi connectivity index (χ1v) is 6.45. The van der Waals surface area contributed by atoms with Gasteiger partial charge in [-0.1, -0.05) is 20.8 Å². The Morgan fingerprint density at radius 3 is 2.33 bits per heavy atom. The smallest absolute Gasteiger partial charge is 0.291 e. The van der Waals surface area contributed by atoms with E-state index in [1.165, 1.54) is 12.8 Å². The summed E-state index contributed by atoms with van der Waals surface area (Å²) < 4.78 is 0. The van der Waals surface area contributed by atoms with E-state index in [2.05, 4.69) is 34.3 Å². The Hall–Kier alpha value is -1.39. The molecule has 0 bridgehead atoms. The van der Waals surface area contributed by atoms with Crippen LogP contribution in [0.1, 0.15) is 63.9 Å².